The lowest BCUT2D eigenvalue weighted by Gasteiger charge is -2.40. The molecule has 5 rings (SSSR count). The molecule has 202 valence electrons. The summed E-state index contributed by atoms with van der Waals surface area (Å²) in [5, 5.41) is 0. The van der Waals surface area contributed by atoms with Gasteiger partial charge in [0.05, 0.1) is 31.0 Å². The summed E-state index contributed by atoms with van der Waals surface area (Å²) in [5.74, 6) is 0.402. The Bertz CT molecular complexity index is 1380. The highest BCUT2D eigenvalue weighted by atomic mass is 16.6. The molecule has 0 unspecified atom stereocenters. The molecule has 0 aliphatic carbocycles. The number of rotatable bonds is 7. The van der Waals surface area contributed by atoms with Gasteiger partial charge in [0.15, 0.2) is 0 Å². The second-order valence-electron chi connectivity index (χ2n) is 9.42. The Morgan fingerprint density at radius 3 is 2.54 bits per heavy atom. The standard InChI is InChI=1S/C30H30N2O7/c1-36-27-17-24(38-18-20-6-5-8-21(16-20)29(34)37-2)10-11-25(27)28(33)31-14-12-23(13-15-31)32-26-9-4-3-7-22(26)19-39-30(32)35/h3-11,16-17,23H,12-15,18-19H2,1-2H3. The topological polar surface area (TPSA) is 94.6 Å². The van der Waals surface area contributed by atoms with E-state index in [1.54, 1.807) is 46.2 Å². The molecule has 9 heteroatoms. The summed E-state index contributed by atoms with van der Waals surface area (Å²) < 4.78 is 21.6. The molecule has 39 heavy (non-hydrogen) atoms. The monoisotopic (exact) mass is 530 g/mol. The van der Waals surface area contributed by atoms with Crippen molar-refractivity contribution >= 4 is 23.7 Å². The summed E-state index contributed by atoms with van der Waals surface area (Å²) in [6.45, 7) is 1.53. The molecule has 2 aliphatic heterocycles. The first-order valence-electron chi connectivity index (χ1n) is 12.8. The Morgan fingerprint density at radius 2 is 1.77 bits per heavy atom. The SMILES string of the molecule is COC(=O)c1cccc(COc2ccc(C(=O)N3CCC(N4C(=O)OCc5ccccc54)CC3)c(OC)c2)c1. The van der Waals surface area contributed by atoms with Gasteiger partial charge in [0.1, 0.15) is 24.7 Å². The number of ether oxygens (including phenoxy) is 4. The number of cyclic esters (lactones) is 1. The van der Waals surface area contributed by atoms with Gasteiger partial charge in [-0.1, -0.05) is 30.3 Å². The summed E-state index contributed by atoms with van der Waals surface area (Å²) in [4.78, 5) is 41.3. The summed E-state index contributed by atoms with van der Waals surface area (Å²) in [6.07, 6.45) is 0.944. The van der Waals surface area contributed by atoms with Gasteiger partial charge in [0, 0.05) is 30.8 Å². The number of carbonyl (C=O) groups excluding carboxylic acids is 3. The molecule has 2 aliphatic rings. The molecule has 3 aromatic carbocycles. The van der Waals surface area contributed by atoms with Gasteiger partial charge >= 0.3 is 12.1 Å². The average molecular weight is 531 g/mol. The predicted molar refractivity (Wildman–Crippen MR) is 143 cm³/mol. The molecule has 0 N–H and O–H groups in total. The lowest BCUT2D eigenvalue weighted by atomic mass is 10.00. The molecule has 0 radical (unpaired) electrons. The number of nitrogens with zero attached hydrogens (tertiary/aromatic N) is 2. The van der Waals surface area contributed by atoms with E-state index in [4.69, 9.17) is 18.9 Å². The smallest absolute Gasteiger partial charge is 0.414 e. The van der Waals surface area contributed by atoms with Gasteiger partial charge in [-0.3, -0.25) is 9.69 Å². The van der Waals surface area contributed by atoms with Gasteiger partial charge in [0.25, 0.3) is 5.91 Å². The van der Waals surface area contributed by atoms with Crippen LogP contribution in [0.5, 0.6) is 11.5 Å². The highest BCUT2D eigenvalue weighted by Crippen LogP contribution is 2.33. The number of para-hydroxylation sites is 1. The van der Waals surface area contributed by atoms with Gasteiger partial charge in [-0.15, -0.1) is 0 Å². The molecule has 3 aromatic rings. The molecule has 1 saturated heterocycles. The zero-order valence-corrected chi connectivity index (χ0v) is 21.9. The first-order chi connectivity index (χ1) is 19.0. The third-order valence-corrected chi connectivity index (χ3v) is 7.07. The third kappa shape index (κ3) is 5.52. The number of esters is 1. The maximum absolute atomic E-state index is 13.4. The molecular weight excluding hydrogens is 500 g/mol. The average Bonchev–Trinajstić information content (AvgIpc) is 2.99. The lowest BCUT2D eigenvalue weighted by Crippen LogP contribution is -2.50. The number of amides is 2. The number of benzene rings is 3. The molecule has 2 amide bonds. The summed E-state index contributed by atoms with van der Waals surface area (Å²) in [7, 11) is 2.86. The fourth-order valence-corrected chi connectivity index (χ4v) is 5.03. The zero-order valence-electron chi connectivity index (χ0n) is 21.9. The van der Waals surface area contributed by atoms with Crippen LogP contribution >= 0.6 is 0 Å². The van der Waals surface area contributed by atoms with Crippen molar-refractivity contribution in [3.05, 3.63) is 89.0 Å². The molecule has 0 saturated carbocycles. The van der Waals surface area contributed by atoms with Crippen LogP contribution < -0.4 is 14.4 Å². The highest BCUT2D eigenvalue weighted by molar-refractivity contribution is 5.97. The van der Waals surface area contributed by atoms with Crippen LogP contribution in [0.3, 0.4) is 0 Å². The molecule has 0 bridgehead atoms. The van der Waals surface area contributed by atoms with E-state index in [0.29, 0.717) is 48.6 Å². The number of fused-ring (bicyclic) bond motifs is 1. The van der Waals surface area contributed by atoms with Crippen molar-refractivity contribution in [3.63, 3.8) is 0 Å². The van der Waals surface area contributed by atoms with Gasteiger partial charge in [-0.05, 0) is 48.7 Å². The number of carbonyl (C=O) groups is 3. The van der Waals surface area contributed by atoms with Crippen molar-refractivity contribution < 1.29 is 33.3 Å². The Morgan fingerprint density at radius 1 is 0.974 bits per heavy atom. The van der Waals surface area contributed by atoms with Crippen LogP contribution in [0.1, 0.15) is 44.7 Å². The van der Waals surface area contributed by atoms with E-state index in [0.717, 1.165) is 16.8 Å². The van der Waals surface area contributed by atoms with Crippen LogP contribution in [0.25, 0.3) is 0 Å². The van der Waals surface area contributed by atoms with Crippen molar-refractivity contribution in [1.82, 2.24) is 4.90 Å². The Labute approximate surface area is 226 Å². The van der Waals surface area contributed by atoms with Crippen LogP contribution in [-0.4, -0.2) is 56.2 Å². The van der Waals surface area contributed by atoms with E-state index in [1.807, 2.05) is 30.3 Å². The van der Waals surface area contributed by atoms with Gasteiger partial charge in [-0.25, -0.2) is 9.59 Å². The summed E-state index contributed by atoms with van der Waals surface area (Å²) in [5.41, 5.74) is 3.56. The molecular formula is C30H30N2O7. The van der Waals surface area contributed by atoms with Crippen LogP contribution in [0.2, 0.25) is 0 Å². The maximum atomic E-state index is 13.4. The molecule has 1 fully saturated rings. The van der Waals surface area contributed by atoms with Crippen LogP contribution in [0.4, 0.5) is 10.5 Å². The van der Waals surface area contributed by atoms with Gasteiger partial charge in [0.2, 0.25) is 0 Å². The fourth-order valence-electron chi connectivity index (χ4n) is 5.03. The van der Waals surface area contributed by atoms with E-state index >= 15 is 0 Å². The van der Waals surface area contributed by atoms with Crippen LogP contribution in [0, 0.1) is 0 Å². The van der Waals surface area contributed by atoms with E-state index in [-0.39, 0.29) is 31.3 Å². The molecule has 2 heterocycles. The minimum absolute atomic E-state index is 0.0432. The third-order valence-electron chi connectivity index (χ3n) is 7.07. The Balaban J connectivity index is 1.23. The van der Waals surface area contributed by atoms with E-state index < -0.39 is 5.97 Å². The Kier molecular flexibility index (Phi) is 7.67. The summed E-state index contributed by atoms with van der Waals surface area (Å²) >= 11 is 0. The fraction of sp³-hybridized carbons (Fsp3) is 0.300. The van der Waals surface area contributed by atoms with E-state index in [2.05, 4.69) is 0 Å². The molecule has 0 atom stereocenters. The predicted octanol–water partition coefficient (Wildman–Crippen LogP) is 4.82. The number of piperidine rings is 1. The van der Waals surface area contributed by atoms with E-state index in [9.17, 15) is 14.4 Å². The summed E-state index contributed by atoms with van der Waals surface area (Å²) in [6, 6.07) is 19.8. The van der Waals surface area contributed by atoms with Gasteiger partial charge < -0.3 is 23.8 Å². The van der Waals surface area contributed by atoms with Crippen molar-refractivity contribution in [3.8, 4) is 11.5 Å². The van der Waals surface area contributed by atoms with Crippen LogP contribution in [-0.2, 0) is 22.7 Å². The minimum atomic E-state index is -0.411. The second-order valence-corrected chi connectivity index (χ2v) is 9.42. The first kappa shape index (κ1) is 26.1. The van der Waals surface area contributed by atoms with Crippen molar-refractivity contribution in [1.29, 1.82) is 0 Å². The Hall–Kier alpha value is -4.53. The number of hydrogen-bond acceptors (Lipinski definition) is 7. The second kappa shape index (κ2) is 11.5. The van der Waals surface area contributed by atoms with Crippen molar-refractivity contribution in [2.75, 3.05) is 32.2 Å². The van der Waals surface area contributed by atoms with Crippen molar-refractivity contribution in [2.45, 2.75) is 32.1 Å². The lowest BCUT2D eigenvalue weighted by molar-refractivity contribution is 0.0599. The maximum Gasteiger partial charge on any atom is 0.414 e. The number of likely N-dealkylation sites (tertiary alicyclic amines) is 1. The van der Waals surface area contributed by atoms with E-state index in [1.165, 1.54) is 14.2 Å². The quantitative estimate of drug-likeness (QED) is 0.404. The van der Waals surface area contributed by atoms with Crippen LogP contribution in [0.15, 0.2) is 66.7 Å². The molecule has 9 nitrogen and oxygen atoms in total. The number of anilines is 1. The minimum Gasteiger partial charge on any atom is -0.496 e. The molecule has 0 spiro atoms. The number of hydrogen-bond donors (Lipinski definition) is 0. The molecule has 0 aromatic heterocycles. The first-order valence-corrected chi connectivity index (χ1v) is 12.8. The normalized spacial score (nSPS) is 15.3. The van der Waals surface area contributed by atoms with Gasteiger partial charge in [-0.2, -0.15) is 0 Å². The highest BCUT2D eigenvalue weighted by Gasteiger charge is 2.35. The number of methoxy groups -OCH3 is 2. The largest absolute Gasteiger partial charge is 0.496 e. The zero-order chi connectivity index (χ0) is 27.4. The van der Waals surface area contributed by atoms with Crippen molar-refractivity contribution in [2.24, 2.45) is 0 Å².